The van der Waals surface area contributed by atoms with Crippen molar-refractivity contribution < 1.29 is 19.4 Å². The van der Waals surface area contributed by atoms with Crippen LogP contribution in [-0.2, 0) is 0 Å². The Morgan fingerprint density at radius 3 is 2.56 bits per heavy atom. The van der Waals surface area contributed by atoms with E-state index in [-0.39, 0.29) is 18.2 Å². The summed E-state index contributed by atoms with van der Waals surface area (Å²) in [7, 11) is 3.12. The van der Waals surface area contributed by atoms with Crippen LogP contribution in [0, 0.1) is 0 Å². The Balaban J connectivity index is 2.03. The van der Waals surface area contributed by atoms with Gasteiger partial charge in [-0.1, -0.05) is 0 Å². The molecule has 0 aromatic heterocycles. The summed E-state index contributed by atoms with van der Waals surface area (Å²) in [6, 6.07) is 3.53. The Morgan fingerprint density at radius 2 is 2.00 bits per heavy atom. The van der Waals surface area contributed by atoms with Gasteiger partial charge in [0.05, 0.1) is 26.0 Å². The number of nitrogens with zero attached hydrogens (tertiary/aromatic N) is 2. The number of ether oxygens (including phenoxy) is 2. The fraction of sp³-hybridized carbons (Fsp3) is 0.588. The second-order valence-electron chi connectivity index (χ2n) is 6.26. The minimum absolute atomic E-state index is 0.156. The number of aliphatic hydroxyl groups excluding tert-OH is 1. The average molecular weight is 416 g/mol. The van der Waals surface area contributed by atoms with E-state index in [0.717, 1.165) is 11.0 Å². The predicted molar refractivity (Wildman–Crippen MR) is 101 cm³/mol. The van der Waals surface area contributed by atoms with Gasteiger partial charge in [-0.2, -0.15) is 0 Å². The first-order valence-electron chi connectivity index (χ1n) is 8.25. The minimum Gasteiger partial charge on any atom is -0.493 e. The monoisotopic (exact) mass is 415 g/mol. The summed E-state index contributed by atoms with van der Waals surface area (Å²) >= 11 is 3.45. The number of piperazine rings is 1. The number of aliphatic hydroxyl groups is 1. The highest BCUT2D eigenvalue weighted by atomic mass is 79.9. The van der Waals surface area contributed by atoms with E-state index >= 15 is 0 Å². The van der Waals surface area contributed by atoms with Crippen molar-refractivity contribution in [3.05, 3.63) is 16.6 Å². The van der Waals surface area contributed by atoms with Gasteiger partial charge < -0.3 is 24.8 Å². The number of urea groups is 1. The second-order valence-corrected chi connectivity index (χ2v) is 7.11. The number of amides is 2. The molecule has 140 valence electrons. The van der Waals surface area contributed by atoms with Gasteiger partial charge in [-0.25, -0.2) is 4.79 Å². The highest BCUT2D eigenvalue weighted by Crippen LogP contribution is 2.36. The number of carbonyl (C=O) groups excluding carboxylic acids is 1. The molecule has 0 radical (unpaired) electrons. The quantitative estimate of drug-likeness (QED) is 0.771. The number of nitrogens with one attached hydrogen (secondary N) is 1. The largest absolute Gasteiger partial charge is 0.493 e. The van der Waals surface area contributed by atoms with Gasteiger partial charge in [0.15, 0.2) is 11.5 Å². The average Bonchev–Trinajstić information content (AvgIpc) is 2.57. The molecule has 2 rings (SSSR count). The summed E-state index contributed by atoms with van der Waals surface area (Å²) in [5, 5.41) is 12.5. The molecule has 0 saturated carbocycles. The first-order valence-corrected chi connectivity index (χ1v) is 9.04. The van der Waals surface area contributed by atoms with Gasteiger partial charge in [0.2, 0.25) is 0 Å². The fourth-order valence-electron chi connectivity index (χ4n) is 2.93. The van der Waals surface area contributed by atoms with E-state index in [2.05, 4.69) is 33.1 Å². The Bertz CT molecular complexity index is 612. The summed E-state index contributed by atoms with van der Waals surface area (Å²) in [6.07, 6.45) is -0.370. The van der Waals surface area contributed by atoms with Gasteiger partial charge in [0.1, 0.15) is 0 Å². The number of halogens is 1. The number of methoxy groups -OCH3 is 2. The minimum atomic E-state index is -0.370. The third-order valence-corrected chi connectivity index (χ3v) is 4.92. The highest BCUT2D eigenvalue weighted by molar-refractivity contribution is 9.10. The maximum absolute atomic E-state index is 12.6. The molecule has 0 spiro atoms. The van der Waals surface area contributed by atoms with Gasteiger partial charge in [0.25, 0.3) is 0 Å². The lowest BCUT2D eigenvalue weighted by Crippen LogP contribution is -2.55. The number of β-amino-alcohol motifs (C(OH)–C–C–N with tert-alkyl or cyclic N) is 1. The molecule has 1 aromatic rings. The van der Waals surface area contributed by atoms with Crippen LogP contribution in [-0.4, -0.2) is 73.5 Å². The number of anilines is 1. The molecule has 1 aliphatic heterocycles. The van der Waals surface area contributed by atoms with Gasteiger partial charge in [-0.15, -0.1) is 0 Å². The van der Waals surface area contributed by atoms with Crippen LogP contribution in [0.2, 0.25) is 0 Å². The van der Waals surface area contributed by atoms with E-state index in [1.54, 1.807) is 38.2 Å². The molecule has 2 N–H and O–H groups in total. The fourth-order valence-corrected chi connectivity index (χ4v) is 3.36. The summed E-state index contributed by atoms with van der Waals surface area (Å²) in [4.78, 5) is 16.6. The zero-order chi connectivity index (χ0) is 18.6. The van der Waals surface area contributed by atoms with E-state index in [0.29, 0.717) is 36.8 Å². The van der Waals surface area contributed by atoms with Crippen LogP contribution < -0.4 is 14.8 Å². The number of hydrogen-bond acceptors (Lipinski definition) is 5. The Morgan fingerprint density at radius 1 is 1.36 bits per heavy atom. The van der Waals surface area contributed by atoms with Crippen LogP contribution in [0.3, 0.4) is 0 Å². The molecule has 1 saturated heterocycles. The standard InChI is InChI=1S/C17H26BrN3O4/c1-11-9-21(6-5-20(11)10-12(2)22)17(23)19-14-8-16(25-4)15(24-3)7-13(14)18/h7-8,11-12,22H,5-6,9-10H2,1-4H3,(H,19,23)/t11-,12+/m1/s1. The van der Waals surface area contributed by atoms with E-state index in [9.17, 15) is 9.90 Å². The van der Waals surface area contributed by atoms with Crippen molar-refractivity contribution in [3.63, 3.8) is 0 Å². The molecule has 1 fully saturated rings. The Hall–Kier alpha value is -1.51. The zero-order valence-electron chi connectivity index (χ0n) is 15.1. The normalized spacial score (nSPS) is 19.4. The topological polar surface area (TPSA) is 74.3 Å². The maximum Gasteiger partial charge on any atom is 0.321 e. The lowest BCUT2D eigenvalue weighted by Gasteiger charge is -2.40. The summed E-state index contributed by atoms with van der Waals surface area (Å²) < 4.78 is 11.3. The van der Waals surface area contributed by atoms with Gasteiger partial charge in [-0.3, -0.25) is 4.90 Å². The molecule has 2 amide bonds. The van der Waals surface area contributed by atoms with Crippen molar-refractivity contribution in [2.24, 2.45) is 0 Å². The van der Waals surface area contributed by atoms with E-state index < -0.39 is 0 Å². The molecule has 7 nitrogen and oxygen atoms in total. The molecule has 1 heterocycles. The molecule has 1 aliphatic rings. The molecule has 0 aliphatic carbocycles. The lowest BCUT2D eigenvalue weighted by atomic mass is 10.2. The summed E-state index contributed by atoms with van der Waals surface area (Å²) in [5.41, 5.74) is 0.627. The second kappa shape index (κ2) is 8.73. The van der Waals surface area contributed by atoms with Crippen LogP contribution >= 0.6 is 15.9 Å². The van der Waals surface area contributed by atoms with Crippen molar-refractivity contribution in [1.82, 2.24) is 9.80 Å². The number of carbonyl (C=O) groups is 1. The van der Waals surface area contributed by atoms with Crippen molar-refractivity contribution in [1.29, 1.82) is 0 Å². The van der Waals surface area contributed by atoms with Crippen LogP contribution in [0.15, 0.2) is 16.6 Å². The third-order valence-electron chi connectivity index (χ3n) is 4.27. The van der Waals surface area contributed by atoms with Gasteiger partial charge >= 0.3 is 6.03 Å². The molecular formula is C17H26BrN3O4. The summed E-state index contributed by atoms with van der Waals surface area (Å²) in [6.45, 7) is 6.44. The zero-order valence-corrected chi connectivity index (χ0v) is 16.7. The van der Waals surface area contributed by atoms with Gasteiger partial charge in [0, 0.05) is 48.8 Å². The van der Waals surface area contributed by atoms with Crippen molar-refractivity contribution in [2.45, 2.75) is 26.0 Å². The first kappa shape index (κ1) is 19.8. The molecular weight excluding hydrogens is 390 g/mol. The number of rotatable bonds is 5. The van der Waals surface area contributed by atoms with Crippen LogP contribution in [0.4, 0.5) is 10.5 Å². The molecule has 8 heteroatoms. The maximum atomic E-state index is 12.6. The third kappa shape index (κ3) is 4.99. The number of benzene rings is 1. The van der Waals surface area contributed by atoms with Crippen molar-refractivity contribution in [3.8, 4) is 11.5 Å². The SMILES string of the molecule is COc1cc(Br)c(NC(=O)N2CCN(C[C@H](C)O)[C@H](C)C2)cc1OC. The number of hydrogen-bond donors (Lipinski definition) is 2. The highest BCUT2D eigenvalue weighted by Gasteiger charge is 2.27. The van der Waals surface area contributed by atoms with Crippen molar-refractivity contribution in [2.75, 3.05) is 45.7 Å². The summed E-state index contributed by atoms with van der Waals surface area (Å²) in [5.74, 6) is 1.14. The van der Waals surface area contributed by atoms with E-state index in [1.165, 1.54) is 0 Å². The Labute approximate surface area is 157 Å². The molecule has 1 aromatic carbocycles. The Kier molecular flexibility index (Phi) is 6.92. The predicted octanol–water partition coefficient (Wildman–Crippen LogP) is 2.39. The van der Waals surface area contributed by atoms with E-state index in [4.69, 9.17) is 9.47 Å². The molecule has 25 heavy (non-hydrogen) atoms. The van der Waals surface area contributed by atoms with Crippen molar-refractivity contribution >= 4 is 27.6 Å². The smallest absolute Gasteiger partial charge is 0.321 e. The van der Waals surface area contributed by atoms with Gasteiger partial charge in [-0.05, 0) is 29.8 Å². The van der Waals surface area contributed by atoms with Crippen LogP contribution in [0.5, 0.6) is 11.5 Å². The van der Waals surface area contributed by atoms with Crippen LogP contribution in [0.1, 0.15) is 13.8 Å². The van der Waals surface area contributed by atoms with Crippen LogP contribution in [0.25, 0.3) is 0 Å². The van der Waals surface area contributed by atoms with E-state index in [1.807, 2.05) is 0 Å². The lowest BCUT2D eigenvalue weighted by molar-refractivity contribution is 0.0590. The first-order chi connectivity index (χ1) is 11.8. The molecule has 2 atom stereocenters. The molecule has 0 unspecified atom stereocenters. The molecule has 0 bridgehead atoms.